The Kier molecular flexibility index (Phi) is 5.13. The van der Waals surface area contributed by atoms with E-state index in [0.29, 0.717) is 13.2 Å². The smallest absolute Gasteiger partial charge is 0.142 e. The molecule has 1 unspecified atom stereocenters. The summed E-state index contributed by atoms with van der Waals surface area (Å²) in [5, 5.41) is 0. The molecular weight excluding hydrogens is 242 g/mol. The number of pyridine rings is 1. The van der Waals surface area contributed by atoms with Crippen LogP contribution in [0.15, 0.2) is 12.1 Å². The molecule has 2 rings (SSSR count). The highest BCUT2D eigenvalue weighted by molar-refractivity contribution is 5.29. The van der Waals surface area contributed by atoms with Crippen LogP contribution >= 0.6 is 0 Å². The van der Waals surface area contributed by atoms with Crippen LogP contribution in [0.4, 0.5) is 0 Å². The Balaban J connectivity index is 1.91. The van der Waals surface area contributed by atoms with E-state index in [9.17, 15) is 0 Å². The van der Waals surface area contributed by atoms with Gasteiger partial charge in [0.1, 0.15) is 18.5 Å². The average Bonchev–Trinajstić information content (AvgIpc) is 2.46. The number of nitrogens with zero attached hydrogens (tertiary/aromatic N) is 2. The standard InChI is InChI=1S/C14H23N3O2/c1-3-17-6-7-18-12(9-17)10-19-14-5-4-11(2)16-13(14)8-15/h4-5,12H,3,6-10,15H2,1-2H3. The summed E-state index contributed by atoms with van der Waals surface area (Å²) < 4.78 is 11.5. The number of likely N-dealkylation sites (N-methyl/N-ethyl adjacent to an activating group) is 1. The first-order chi connectivity index (χ1) is 9.22. The van der Waals surface area contributed by atoms with Gasteiger partial charge in [-0.15, -0.1) is 0 Å². The highest BCUT2D eigenvalue weighted by atomic mass is 16.5. The monoisotopic (exact) mass is 265 g/mol. The van der Waals surface area contributed by atoms with Gasteiger partial charge in [-0.05, 0) is 25.6 Å². The normalized spacial score (nSPS) is 20.5. The fraction of sp³-hybridized carbons (Fsp3) is 0.643. The fourth-order valence-electron chi connectivity index (χ4n) is 2.23. The van der Waals surface area contributed by atoms with Crippen molar-refractivity contribution in [3.8, 4) is 5.75 Å². The molecule has 5 nitrogen and oxygen atoms in total. The summed E-state index contributed by atoms with van der Waals surface area (Å²) >= 11 is 0. The number of ether oxygens (including phenoxy) is 2. The molecule has 2 heterocycles. The number of nitrogens with two attached hydrogens (primary N) is 1. The van der Waals surface area contributed by atoms with E-state index < -0.39 is 0 Å². The maximum absolute atomic E-state index is 5.82. The summed E-state index contributed by atoms with van der Waals surface area (Å²) in [7, 11) is 0. The Morgan fingerprint density at radius 3 is 3.11 bits per heavy atom. The number of hydrogen-bond acceptors (Lipinski definition) is 5. The quantitative estimate of drug-likeness (QED) is 0.859. The van der Waals surface area contributed by atoms with Gasteiger partial charge in [-0.2, -0.15) is 0 Å². The molecule has 5 heteroatoms. The van der Waals surface area contributed by atoms with Crippen molar-refractivity contribution in [2.75, 3.05) is 32.8 Å². The predicted octanol–water partition coefficient (Wildman–Crippen LogP) is 0.948. The third-order valence-electron chi connectivity index (χ3n) is 3.36. The van der Waals surface area contributed by atoms with E-state index in [1.165, 1.54) is 0 Å². The van der Waals surface area contributed by atoms with Gasteiger partial charge in [-0.3, -0.25) is 9.88 Å². The SMILES string of the molecule is CCN1CCOC(COc2ccc(C)nc2CN)C1. The molecule has 1 aromatic rings. The summed E-state index contributed by atoms with van der Waals surface area (Å²) in [6.45, 7) is 8.82. The third-order valence-corrected chi connectivity index (χ3v) is 3.36. The molecule has 1 saturated heterocycles. The molecule has 2 N–H and O–H groups in total. The van der Waals surface area contributed by atoms with Crippen molar-refractivity contribution >= 4 is 0 Å². The Morgan fingerprint density at radius 1 is 1.53 bits per heavy atom. The molecule has 0 aliphatic carbocycles. The fourth-order valence-corrected chi connectivity index (χ4v) is 2.23. The van der Waals surface area contributed by atoms with Crippen molar-refractivity contribution in [2.24, 2.45) is 5.73 Å². The third kappa shape index (κ3) is 3.89. The maximum atomic E-state index is 5.82. The van der Waals surface area contributed by atoms with Gasteiger partial charge < -0.3 is 15.2 Å². The first kappa shape index (κ1) is 14.2. The van der Waals surface area contributed by atoms with E-state index in [1.54, 1.807) is 0 Å². The van der Waals surface area contributed by atoms with Gasteiger partial charge in [-0.1, -0.05) is 6.92 Å². The molecule has 0 saturated carbocycles. The molecule has 0 bridgehead atoms. The minimum Gasteiger partial charge on any atom is -0.489 e. The lowest BCUT2D eigenvalue weighted by Gasteiger charge is -2.31. The van der Waals surface area contributed by atoms with E-state index in [0.717, 1.165) is 43.4 Å². The molecule has 1 aromatic heterocycles. The van der Waals surface area contributed by atoms with Gasteiger partial charge in [0.05, 0.1) is 12.3 Å². The maximum Gasteiger partial charge on any atom is 0.142 e. The molecule has 1 atom stereocenters. The number of rotatable bonds is 5. The molecule has 1 aliphatic rings. The largest absolute Gasteiger partial charge is 0.489 e. The first-order valence-electron chi connectivity index (χ1n) is 6.86. The number of aromatic nitrogens is 1. The van der Waals surface area contributed by atoms with E-state index >= 15 is 0 Å². The van der Waals surface area contributed by atoms with E-state index in [1.807, 2.05) is 19.1 Å². The molecule has 1 fully saturated rings. The summed E-state index contributed by atoms with van der Waals surface area (Å²) in [5.41, 5.74) is 7.46. The second kappa shape index (κ2) is 6.84. The van der Waals surface area contributed by atoms with Crippen LogP contribution in [0.2, 0.25) is 0 Å². The minimum atomic E-state index is 0.126. The van der Waals surface area contributed by atoms with E-state index in [4.69, 9.17) is 15.2 Å². The molecule has 1 aliphatic heterocycles. The lowest BCUT2D eigenvalue weighted by atomic mass is 10.2. The summed E-state index contributed by atoms with van der Waals surface area (Å²) in [6, 6.07) is 3.87. The zero-order chi connectivity index (χ0) is 13.7. The van der Waals surface area contributed by atoms with Gasteiger partial charge in [-0.25, -0.2) is 0 Å². The summed E-state index contributed by atoms with van der Waals surface area (Å²) in [5.74, 6) is 0.769. The van der Waals surface area contributed by atoms with Gasteiger partial charge in [0.25, 0.3) is 0 Å². The van der Waals surface area contributed by atoms with Crippen LogP contribution in [-0.2, 0) is 11.3 Å². The molecule has 0 aromatic carbocycles. The highest BCUT2D eigenvalue weighted by Crippen LogP contribution is 2.17. The summed E-state index contributed by atoms with van der Waals surface area (Å²) in [4.78, 5) is 6.76. The van der Waals surface area contributed by atoms with E-state index in [-0.39, 0.29) is 6.10 Å². The van der Waals surface area contributed by atoms with Crippen molar-refractivity contribution in [1.82, 2.24) is 9.88 Å². The first-order valence-corrected chi connectivity index (χ1v) is 6.86. The molecule has 19 heavy (non-hydrogen) atoms. The molecular formula is C14H23N3O2. The topological polar surface area (TPSA) is 60.6 Å². The zero-order valence-corrected chi connectivity index (χ0v) is 11.8. The van der Waals surface area contributed by atoms with Crippen LogP contribution in [0.25, 0.3) is 0 Å². The second-order valence-electron chi connectivity index (χ2n) is 4.80. The van der Waals surface area contributed by atoms with Crippen molar-refractivity contribution in [2.45, 2.75) is 26.5 Å². The number of morpholine rings is 1. The van der Waals surface area contributed by atoms with Gasteiger partial charge >= 0.3 is 0 Å². The zero-order valence-electron chi connectivity index (χ0n) is 11.8. The highest BCUT2D eigenvalue weighted by Gasteiger charge is 2.20. The molecule has 0 radical (unpaired) electrons. The van der Waals surface area contributed by atoms with Gasteiger partial charge in [0, 0.05) is 25.3 Å². The Labute approximate surface area is 114 Å². The minimum absolute atomic E-state index is 0.126. The van der Waals surface area contributed by atoms with E-state index in [2.05, 4.69) is 16.8 Å². The van der Waals surface area contributed by atoms with Crippen LogP contribution in [0.1, 0.15) is 18.3 Å². The number of hydrogen-bond donors (Lipinski definition) is 1. The Hall–Kier alpha value is -1.17. The van der Waals surface area contributed by atoms with Crippen LogP contribution < -0.4 is 10.5 Å². The van der Waals surface area contributed by atoms with Crippen LogP contribution in [0, 0.1) is 6.92 Å². The van der Waals surface area contributed by atoms with Gasteiger partial charge in [0.2, 0.25) is 0 Å². The molecule has 0 amide bonds. The second-order valence-corrected chi connectivity index (χ2v) is 4.80. The number of aryl methyl sites for hydroxylation is 1. The van der Waals surface area contributed by atoms with Gasteiger partial charge in [0.15, 0.2) is 0 Å². The van der Waals surface area contributed by atoms with Crippen molar-refractivity contribution in [3.63, 3.8) is 0 Å². The van der Waals surface area contributed by atoms with Crippen LogP contribution in [0.5, 0.6) is 5.75 Å². The van der Waals surface area contributed by atoms with Crippen molar-refractivity contribution in [3.05, 3.63) is 23.5 Å². The lowest BCUT2D eigenvalue weighted by Crippen LogP contribution is -2.44. The van der Waals surface area contributed by atoms with Crippen molar-refractivity contribution < 1.29 is 9.47 Å². The Bertz CT molecular complexity index is 412. The lowest BCUT2D eigenvalue weighted by molar-refractivity contribution is -0.0465. The van der Waals surface area contributed by atoms with Crippen LogP contribution in [-0.4, -0.2) is 48.8 Å². The molecule has 106 valence electrons. The average molecular weight is 265 g/mol. The van der Waals surface area contributed by atoms with Crippen molar-refractivity contribution in [1.29, 1.82) is 0 Å². The Morgan fingerprint density at radius 2 is 2.37 bits per heavy atom. The molecule has 0 spiro atoms. The predicted molar refractivity (Wildman–Crippen MR) is 74.2 cm³/mol. The summed E-state index contributed by atoms with van der Waals surface area (Å²) in [6.07, 6.45) is 0.126. The van der Waals surface area contributed by atoms with Crippen LogP contribution in [0.3, 0.4) is 0 Å².